The molecular formula is C9H10N2OS. The zero-order valence-electron chi connectivity index (χ0n) is 6.99. The summed E-state index contributed by atoms with van der Waals surface area (Å²) >= 11 is 4.86. The van der Waals surface area contributed by atoms with Crippen LogP contribution in [0.3, 0.4) is 0 Å². The van der Waals surface area contributed by atoms with Crippen LogP contribution in [0.1, 0.15) is 0 Å². The first-order chi connectivity index (χ1) is 6.27. The van der Waals surface area contributed by atoms with E-state index in [1.165, 1.54) is 0 Å². The van der Waals surface area contributed by atoms with Crippen molar-refractivity contribution in [1.29, 1.82) is 0 Å². The van der Waals surface area contributed by atoms with Crippen molar-refractivity contribution in [3.63, 3.8) is 0 Å². The van der Waals surface area contributed by atoms with E-state index in [-0.39, 0.29) is 6.10 Å². The predicted octanol–water partition coefficient (Wildman–Crippen LogP) is 1.15. The number of nitrogens with one attached hydrogen (secondary N) is 1. The molecule has 1 aromatic rings. The van der Waals surface area contributed by atoms with Crippen LogP contribution in [0.15, 0.2) is 24.3 Å². The molecule has 0 spiro atoms. The Balaban J connectivity index is 2.24. The smallest absolute Gasteiger partial charge is 0.165 e. The summed E-state index contributed by atoms with van der Waals surface area (Å²) in [6, 6.07) is 7.73. The van der Waals surface area contributed by atoms with Crippen molar-refractivity contribution < 1.29 is 4.74 Å². The van der Waals surface area contributed by atoms with Crippen molar-refractivity contribution in [2.24, 2.45) is 5.73 Å². The molecule has 2 rings (SSSR count). The van der Waals surface area contributed by atoms with E-state index in [2.05, 4.69) is 5.32 Å². The van der Waals surface area contributed by atoms with Gasteiger partial charge in [-0.05, 0) is 12.1 Å². The first-order valence-corrected chi connectivity index (χ1v) is 4.47. The van der Waals surface area contributed by atoms with Crippen molar-refractivity contribution in [2.75, 3.05) is 11.9 Å². The molecule has 0 radical (unpaired) electrons. The highest BCUT2D eigenvalue weighted by molar-refractivity contribution is 7.80. The molecule has 0 aliphatic carbocycles. The van der Waals surface area contributed by atoms with E-state index in [0.717, 1.165) is 11.4 Å². The number of hydrogen-bond acceptors (Lipinski definition) is 3. The zero-order valence-corrected chi connectivity index (χ0v) is 7.80. The normalized spacial score (nSPS) is 19.5. The second-order valence-corrected chi connectivity index (χ2v) is 3.36. The van der Waals surface area contributed by atoms with Crippen molar-refractivity contribution >= 4 is 22.9 Å². The van der Waals surface area contributed by atoms with Crippen molar-refractivity contribution in [3.8, 4) is 5.75 Å². The summed E-state index contributed by atoms with van der Waals surface area (Å²) in [6.07, 6.45) is -0.190. The van der Waals surface area contributed by atoms with Gasteiger partial charge in [0.2, 0.25) is 0 Å². The third kappa shape index (κ3) is 1.58. The predicted molar refractivity (Wildman–Crippen MR) is 56.1 cm³/mol. The average Bonchev–Trinajstić information content (AvgIpc) is 2.17. The molecule has 3 N–H and O–H groups in total. The Kier molecular flexibility index (Phi) is 2.06. The van der Waals surface area contributed by atoms with Crippen molar-refractivity contribution in [2.45, 2.75) is 6.10 Å². The Labute approximate surface area is 81.9 Å². The first kappa shape index (κ1) is 8.31. The van der Waals surface area contributed by atoms with Crippen LogP contribution in [-0.2, 0) is 0 Å². The van der Waals surface area contributed by atoms with Gasteiger partial charge in [-0.25, -0.2) is 0 Å². The topological polar surface area (TPSA) is 47.3 Å². The highest BCUT2D eigenvalue weighted by Crippen LogP contribution is 2.27. The number of fused-ring (bicyclic) bond motifs is 1. The number of hydrogen-bond donors (Lipinski definition) is 2. The number of thiocarbonyl (C=S) groups is 1. The summed E-state index contributed by atoms with van der Waals surface area (Å²) in [6.45, 7) is 0.645. The molecular weight excluding hydrogens is 184 g/mol. The molecule has 0 bridgehead atoms. The van der Waals surface area contributed by atoms with Gasteiger partial charge >= 0.3 is 0 Å². The lowest BCUT2D eigenvalue weighted by Crippen LogP contribution is -2.40. The maximum atomic E-state index is 5.56. The minimum absolute atomic E-state index is 0.190. The minimum atomic E-state index is -0.190. The number of ether oxygens (including phenoxy) is 1. The second-order valence-electron chi connectivity index (χ2n) is 2.89. The summed E-state index contributed by atoms with van der Waals surface area (Å²) in [4.78, 5) is 0.391. The highest BCUT2D eigenvalue weighted by atomic mass is 32.1. The van der Waals surface area contributed by atoms with E-state index in [0.29, 0.717) is 11.5 Å². The van der Waals surface area contributed by atoms with E-state index in [1.54, 1.807) is 0 Å². The van der Waals surface area contributed by atoms with Crippen LogP contribution < -0.4 is 15.8 Å². The molecule has 13 heavy (non-hydrogen) atoms. The largest absolute Gasteiger partial charge is 0.479 e. The zero-order chi connectivity index (χ0) is 9.26. The summed E-state index contributed by atoms with van der Waals surface area (Å²) in [5.41, 5.74) is 6.49. The van der Waals surface area contributed by atoms with Gasteiger partial charge in [-0.15, -0.1) is 0 Å². The molecule has 1 atom stereocenters. The van der Waals surface area contributed by atoms with Crippen LogP contribution in [0.4, 0.5) is 5.69 Å². The number of nitrogens with two attached hydrogens (primary N) is 1. The summed E-state index contributed by atoms with van der Waals surface area (Å²) in [5, 5.41) is 3.20. The lowest BCUT2D eigenvalue weighted by Gasteiger charge is -2.26. The summed E-state index contributed by atoms with van der Waals surface area (Å²) in [5.74, 6) is 0.812. The lowest BCUT2D eigenvalue weighted by atomic mass is 10.2. The van der Waals surface area contributed by atoms with Crippen molar-refractivity contribution in [3.05, 3.63) is 24.3 Å². The molecule has 3 nitrogen and oxygen atoms in total. The number of para-hydroxylation sites is 2. The number of anilines is 1. The van der Waals surface area contributed by atoms with Crippen molar-refractivity contribution in [1.82, 2.24) is 0 Å². The van der Waals surface area contributed by atoms with Gasteiger partial charge in [0.05, 0.1) is 12.2 Å². The van der Waals surface area contributed by atoms with E-state index in [9.17, 15) is 0 Å². The Morgan fingerprint density at radius 3 is 3.08 bits per heavy atom. The third-order valence-corrected chi connectivity index (χ3v) is 2.21. The Hall–Kier alpha value is -1.29. The van der Waals surface area contributed by atoms with Crippen LogP contribution in [0, 0.1) is 0 Å². The SMILES string of the molecule is NC(=S)C1CNc2ccccc2O1. The fourth-order valence-corrected chi connectivity index (χ4v) is 1.40. The molecule has 0 fully saturated rings. The molecule has 1 unspecified atom stereocenters. The summed E-state index contributed by atoms with van der Waals surface area (Å²) in [7, 11) is 0. The average molecular weight is 194 g/mol. The Morgan fingerprint density at radius 2 is 2.31 bits per heavy atom. The van der Waals surface area contributed by atoms with Gasteiger partial charge in [-0.3, -0.25) is 0 Å². The molecule has 1 heterocycles. The molecule has 68 valence electrons. The molecule has 0 amide bonds. The minimum Gasteiger partial charge on any atom is -0.479 e. The maximum absolute atomic E-state index is 5.56. The van der Waals surface area contributed by atoms with E-state index < -0.39 is 0 Å². The lowest BCUT2D eigenvalue weighted by molar-refractivity contribution is 0.271. The van der Waals surface area contributed by atoms with Gasteiger partial charge < -0.3 is 15.8 Å². The molecule has 1 aromatic carbocycles. The van der Waals surface area contributed by atoms with Gasteiger partial charge in [0.1, 0.15) is 10.7 Å². The van der Waals surface area contributed by atoms with Gasteiger partial charge in [-0.2, -0.15) is 0 Å². The Bertz CT molecular complexity index is 340. The molecule has 0 saturated heterocycles. The number of benzene rings is 1. The molecule has 1 aliphatic rings. The molecule has 0 aromatic heterocycles. The fourth-order valence-electron chi connectivity index (χ4n) is 1.27. The third-order valence-electron chi connectivity index (χ3n) is 1.95. The first-order valence-electron chi connectivity index (χ1n) is 4.06. The van der Waals surface area contributed by atoms with Crippen LogP contribution in [0.5, 0.6) is 5.75 Å². The molecule has 4 heteroatoms. The molecule has 1 aliphatic heterocycles. The maximum Gasteiger partial charge on any atom is 0.165 e. The monoisotopic (exact) mass is 194 g/mol. The van der Waals surface area contributed by atoms with Gasteiger partial charge in [0.25, 0.3) is 0 Å². The second kappa shape index (κ2) is 3.22. The highest BCUT2D eigenvalue weighted by Gasteiger charge is 2.20. The van der Waals surface area contributed by atoms with Gasteiger partial charge in [0.15, 0.2) is 6.10 Å². The van der Waals surface area contributed by atoms with Gasteiger partial charge in [-0.1, -0.05) is 24.4 Å². The van der Waals surface area contributed by atoms with Crippen LogP contribution in [0.25, 0.3) is 0 Å². The van der Waals surface area contributed by atoms with E-state index in [1.807, 2.05) is 24.3 Å². The molecule has 0 saturated carbocycles. The van der Waals surface area contributed by atoms with E-state index in [4.69, 9.17) is 22.7 Å². The van der Waals surface area contributed by atoms with Crippen LogP contribution in [-0.4, -0.2) is 17.6 Å². The van der Waals surface area contributed by atoms with Crippen LogP contribution in [0.2, 0.25) is 0 Å². The quantitative estimate of drug-likeness (QED) is 0.658. The number of rotatable bonds is 1. The summed E-state index contributed by atoms with van der Waals surface area (Å²) < 4.78 is 5.56. The standard InChI is InChI=1S/C9H10N2OS/c10-9(13)8-5-11-6-3-1-2-4-7(6)12-8/h1-4,8,11H,5H2,(H2,10,13). The van der Waals surface area contributed by atoms with Crippen LogP contribution >= 0.6 is 12.2 Å². The van der Waals surface area contributed by atoms with Gasteiger partial charge in [0, 0.05) is 0 Å². The van der Waals surface area contributed by atoms with E-state index >= 15 is 0 Å². The fraction of sp³-hybridized carbons (Fsp3) is 0.222. The Morgan fingerprint density at radius 1 is 1.54 bits per heavy atom.